The van der Waals surface area contributed by atoms with E-state index < -0.39 is 0 Å². The summed E-state index contributed by atoms with van der Waals surface area (Å²) in [4.78, 5) is 0. The second-order valence-corrected chi connectivity index (χ2v) is 4.56. The molecule has 3 N–H and O–H groups in total. The van der Waals surface area contributed by atoms with Gasteiger partial charge in [-0.15, -0.1) is 0 Å². The molecule has 1 saturated heterocycles. The van der Waals surface area contributed by atoms with Crippen molar-refractivity contribution in [1.29, 1.82) is 0 Å². The summed E-state index contributed by atoms with van der Waals surface area (Å²) in [5, 5.41) is 4.42. The molecule has 3 atom stereocenters. The lowest BCUT2D eigenvalue weighted by Gasteiger charge is -2.14. The summed E-state index contributed by atoms with van der Waals surface area (Å²) in [7, 11) is 0. The van der Waals surface area contributed by atoms with Crippen LogP contribution in [0.25, 0.3) is 0 Å². The Labute approximate surface area is 87.6 Å². The number of nitrogens with two attached hydrogens (primary N) is 1. The molecule has 0 amide bonds. The molecule has 0 bridgehead atoms. The lowest BCUT2D eigenvalue weighted by molar-refractivity contribution is 0.0651. The molecule has 1 aromatic rings. The molecule has 14 heavy (non-hydrogen) atoms. The van der Waals surface area contributed by atoms with Gasteiger partial charge in [0.1, 0.15) is 10.8 Å². The van der Waals surface area contributed by atoms with E-state index in [1.165, 1.54) is 11.5 Å². The zero-order valence-electron chi connectivity index (χ0n) is 8.36. The van der Waals surface area contributed by atoms with Gasteiger partial charge in [-0.05, 0) is 31.8 Å². The van der Waals surface area contributed by atoms with Crippen molar-refractivity contribution in [2.24, 2.45) is 0 Å². The quantitative estimate of drug-likeness (QED) is 0.785. The minimum absolute atomic E-state index is 0.258. The minimum Gasteiger partial charge on any atom is -0.383 e. The largest absolute Gasteiger partial charge is 0.383 e. The van der Waals surface area contributed by atoms with Gasteiger partial charge in [0.15, 0.2) is 0 Å². The zero-order chi connectivity index (χ0) is 10.1. The van der Waals surface area contributed by atoms with Gasteiger partial charge in [-0.25, -0.2) is 0 Å². The molecule has 3 unspecified atom stereocenters. The highest BCUT2D eigenvalue weighted by atomic mass is 32.1. The highest BCUT2D eigenvalue weighted by molar-refractivity contribution is 7.10. The molecule has 0 radical (unpaired) electrons. The number of hydrogen-bond donors (Lipinski definition) is 2. The molecule has 0 aromatic carbocycles. The Kier molecular flexibility index (Phi) is 2.60. The van der Waals surface area contributed by atoms with E-state index in [4.69, 9.17) is 10.5 Å². The van der Waals surface area contributed by atoms with Crippen molar-refractivity contribution in [2.45, 2.75) is 38.5 Å². The number of ether oxygens (including phenoxy) is 1. The third kappa shape index (κ3) is 1.99. The molecule has 0 saturated carbocycles. The first-order valence-corrected chi connectivity index (χ1v) is 5.56. The fraction of sp³-hybridized carbons (Fsp3) is 0.667. The molecular weight excluding hydrogens is 198 g/mol. The van der Waals surface area contributed by atoms with Gasteiger partial charge in [-0.3, -0.25) is 0 Å². The number of nitrogens with zero attached hydrogens (tertiary/aromatic N) is 1. The predicted molar refractivity (Wildman–Crippen MR) is 58.6 cm³/mol. The fourth-order valence-electron chi connectivity index (χ4n) is 1.78. The van der Waals surface area contributed by atoms with Gasteiger partial charge in [-0.1, -0.05) is 0 Å². The molecule has 0 aliphatic carbocycles. The molecule has 2 rings (SSSR count). The van der Waals surface area contributed by atoms with Crippen LogP contribution >= 0.6 is 11.5 Å². The molecule has 4 nitrogen and oxygen atoms in total. The average molecular weight is 213 g/mol. The van der Waals surface area contributed by atoms with Crippen LogP contribution in [0.15, 0.2) is 6.07 Å². The average Bonchev–Trinajstić information content (AvgIpc) is 2.61. The lowest BCUT2D eigenvalue weighted by atomic mass is 10.1. The maximum absolute atomic E-state index is 5.64. The van der Waals surface area contributed by atoms with Gasteiger partial charge >= 0.3 is 0 Å². The van der Waals surface area contributed by atoms with Gasteiger partial charge in [0.2, 0.25) is 0 Å². The molecule has 78 valence electrons. The Balaban J connectivity index is 1.98. The number of rotatable bonds is 2. The van der Waals surface area contributed by atoms with Gasteiger partial charge in [-0.2, -0.15) is 4.37 Å². The van der Waals surface area contributed by atoms with Crippen molar-refractivity contribution in [3.05, 3.63) is 6.07 Å². The molecule has 1 aliphatic heterocycles. The number of anilines is 2. The van der Waals surface area contributed by atoms with Crippen LogP contribution in [0.1, 0.15) is 20.3 Å². The van der Waals surface area contributed by atoms with Crippen LogP contribution in [0.3, 0.4) is 0 Å². The molecular formula is C9H15N3OS. The zero-order valence-corrected chi connectivity index (χ0v) is 9.17. The van der Waals surface area contributed by atoms with Crippen molar-refractivity contribution >= 4 is 22.4 Å². The summed E-state index contributed by atoms with van der Waals surface area (Å²) < 4.78 is 9.66. The summed E-state index contributed by atoms with van der Waals surface area (Å²) in [6, 6.07) is 2.24. The Hall–Kier alpha value is -0.810. The van der Waals surface area contributed by atoms with Gasteiger partial charge in [0.05, 0.1) is 18.2 Å². The summed E-state index contributed by atoms with van der Waals surface area (Å²) in [6.45, 7) is 4.19. The van der Waals surface area contributed by atoms with Gasteiger partial charge < -0.3 is 15.8 Å². The van der Waals surface area contributed by atoms with Crippen molar-refractivity contribution in [1.82, 2.24) is 4.37 Å². The molecule has 1 aromatic heterocycles. The van der Waals surface area contributed by atoms with Crippen molar-refractivity contribution in [3.63, 3.8) is 0 Å². The summed E-state index contributed by atoms with van der Waals surface area (Å²) in [5.74, 6) is 0.581. The summed E-state index contributed by atoms with van der Waals surface area (Å²) >= 11 is 1.40. The van der Waals surface area contributed by atoms with Crippen LogP contribution in [0.2, 0.25) is 0 Å². The van der Waals surface area contributed by atoms with E-state index in [-0.39, 0.29) is 6.10 Å². The predicted octanol–water partition coefficient (Wildman–Crippen LogP) is 1.70. The molecule has 2 heterocycles. The third-order valence-electron chi connectivity index (χ3n) is 2.46. The van der Waals surface area contributed by atoms with E-state index in [9.17, 15) is 0 Å². The Bertz CT molecular complexity index is 315. The second kappa shape index (κ2) is 3.74. The van der Waals surface area contributed by atoms with E-state index >= 15 is 0 Å². The number of aromatic nitrogens is 1. The highest BCUT2D eigenvalue weighted by Gasteiger charge is 2.29. The minimum atomic E-state index is 0.258. The highest BCUT2D eigenvalue weighted by Crippen LogP contribution is 2.26. The van der Waals surface area contributed by atoms with Crippen molar-refractivity contribution < 1.29 is 4.74 Å². The van der Waals surface area contributed by atoms with E-state index in [1.54, 1.807) is 0 Å². The van der Waals surface area contributed by atoms with Crippen LogP contribution in [-0.2, 0) is 4.74 Å². The van der Waals surface area contributed by atoms with Gasteiger partial charge in [0.25, 0.3) is 0 Å². The van der Waals surface area contributed by atoms with Crippen LogP contribution in [0.4, 0.5) is 10.8 Å². The lowest BCUT2D eigenvalue weighted by Crippen LogP contribution is -2.26. The SMILES string of the molecule is CC1CC(Nc2cc(N)ns2)C(C)O1. The second-order valence-electron chi connectivity index (χ2n) is 3.75. The first-order valence-electron chi connectivity index (χ1n) is 4.79. The maximum Gasteiger partial charge on any atom is 0.139 e. The standard InChI is InChI=1S/C9H15N3OS/c1-5-3-7(6(2)13-5)11-9-4-8(10)12-14-9/h4-7,11H,3H2,1-2H3,(H2,10,12). The first kappa shape index (κ1) is 9.73. The monoisotopic (exact) mass is 213 g/mol. The van der Waals surface area contributed by atoms with E-state index in [0.29, 0.717) is 18.0 Å². The number of nitrogen functional groups attached to an aromatic ring is 1. The van der Waals surface area contributed by atoms with Crippen molar-refractivity contribution in [3.8, 4) is 0 Å². The van der Waals surface area contributed by atoms with Gasteiger partial charge in [0, 0.05) is 6.07 Å². The first-order chi connectivity index (χ1) is 6.65. The van der Waals surface area contributed by atoms with Crippen LogP contribution in [0, 0.1) is 0 Å². The van der Waals surface area contributed by atoms with Crippen LogP contribution < -0.4 is 11.1 Å². The Morgan fingerprint density at radius 1 is 1.64 bits per heavy atom. The Morgan fingerprint density at radius 2 is 2.43 bits per heavy atom. The summed E-state index contributed by atoms with van der Waals surface area (Å²) in [5.41, 5.74) is 5.54. The fourth-order valence-corrected chi connectivity index (χ4v) is 2.42. The molecule has 1 aliphatic rings. The van der Waals surface area contributed by atoms with Crippen LogP contribution in [0.5, 0.6) is 0 Å². The smallest absolute Gasteiger partial charge is 0.139 e. The molecule has 1 fully saturated rings. The Morgan fingerprint density at radius 3 is 2.93 bits per heavy atom. The normalized spacial score (nSPS) is 32.0. The van der Waals surface area contributed by atoms with Crippen LogP contribution in [-0.4, -0.2) is 22.6 Å². The van der Waals surface area contributed by atoms with E-state index in [0.717, 1.165) is 11.4 Å². The topological polar surface area (TPSA) is 60.2 Å². The van der Waals surface area contributed by atoms with E-state index in [2.05, 4.69) is 23.5 Å². The molecule has 0 spiro atoms. The van der Waals surface area contributed by atoms with Crippen molar-refractivity contribution in [2.75, 3.05) is 11.1 Å². The maximum atomic E-state index is 5.64. The van der Waals surface area contributed by atoms with E-state index in [1.807, 2.05) is 6.07 Å². The number of nitrogens with one attached hydrogen (secondary N) is 1. The third-order valence-corrected chi connectivity index (χ3v) is 3.19. The summed E-state index contributed by atoms with van der Waals surface area (Å²) in [6.07, 6.45) is 1.64. The number of hydrogen-bond acceptors (Lipinski definition) is 5. The molecule has 5 heteroatoms.